The Bertz CT molecular complexity index is 228. The average molecular weight is 241 g/mol. The second-order valence-electron chi connectivity index (χ2n) is 5.56. The van der Waals surface area contributed by atoms with E-state index >= 15 is 0 Å². The Balaban J connectivity index is 2.25. The molecule has 0 radical (unpaired) electrons. The van der Waals surface area contributed by atoms with Crippen molar-refractivity contribution in [3.63, 3.8) is 0 Å². The number of ether oxygens (including phenoxy) is 1. The van der Waals surface area contributed by atoms with Crippen molar-refractivity contribution in [1.29, 1.82) is 0 Å². The molecule has 0 aromatic carbocycles. The molecule has 1 unspecified atom stereocenters. The number of allylic oxidation sites excluding steroid dienone is 1. The van der Waals surface area contributed by atoms with Gasteiger partial charge in [-0.25, -0.2) is 0 Å². The molecule has 1 fully saturated rings. The molecular formula is C14H27NO2. The molecule has 3 nitrogen and oxygen atoms in total. The van der Waals surface area contributed by atoms with Crippen molar-refractivity contribution in [3.05, 3.63) is 12.7 Å². The molecule has 1 aliphatic heterocycles. The lowest BCUT2D eigenvalue weighted by Gasteiger charge is -2.42. The predicted molar refractivity (Wildman–Crippen MR) is 71.1 cm³/mol. The van der Waals surface area contributed by atoms with Crippen LogP contribution in [0, 0.1) is 0 Å². The zero-order valence-electron chi connectivity index (χ0n) is 11.3. The lowest BCUT2D eigenvalue weighted by Crippen LogP contribution is -2.53. The molecule has 3 heteroatoms. The van der Waals surface area contributed by atoms with Crippen molar-refractivity contribution in [2.45, 2.75) is 51.2 Å². The van der Waals surface area contributed by atoms with Gasteiger partial charge in [0.15, 0.2) is 0 Å². The normalized spacial score (nSPS) is 24.8. The van der Waals surface area contributed by atoms with Crippen molar-refractivity contribution >= 4 is 0 Å². The molecule has 17 heavy (non-hydrogen) atoms. The summed E-state index contributed by atoms with van der Waals surface area (Å²) in [5.41, 5.74) is -0.132. The number of hydrogen-bond acceptors (Lipinski definition) is 3. The molecule has 1 N–H and O–H groups in total. The Kier molecular flexibility index (Phi) is 6.17. The van der Waals surface area contributed by atoms with Crippen LogP contribution < -0.4 is 0 Å². The minimum Gasteiger partial charge on any atom is -0.394 e. The lowest BCUT2D eigenvalue weighted by molar-refractivity contribution is -0.148. The van der Waals surface area contributed by atoms with Crippen molar-refractivity contribution < 1.29 is 9.84 Å². The molecule has 1 aliphatic rings. The van der Waals surface area contributed by atoms with Crippen LogP contribution in [0.5, 0.6) is 0 Å². The van der Waals surface area contributed by atoms with Gasteiger partial charge in [0.25, 0.3) is 0 Å². The molecule has 0 aromatic rings. The summed E-state index contributed by atoms with van der Waals surface area (Å²) in [5, 5.41) is 9.22. The maximum absolute atomic E-state index is 9.22. The highest BCUT2D eigenvalue weighted by atomic mass is 16.5. The Hall–Kier alpha value is -0.380. The summed E-state index contributed by atoms with van der Waals surface area (Å²) in [4.78, 5) is 2.41. The maximum atomic E-state index is 9.22. The van der Waals surface area contributed by atoms with E-state index in [1.54, 1.807) is 0 Å². The third-order valence-corrected chi connectivity index (χ3v) is 3.14. The van der Waals surface area contributed by atoms with Crippen LogP contribution in [0.1, 0.15) is 39.5 Å². The van der Waals surface area contributed by atoms with Crippen LogP contribution in [0.15, 0.2) is 12.7 Å². The number of aliphatic hydroxyl groups excluding tert-OH is 1. The molecule has 0 spiro atoms. The summed E-state index contributed by atoms with van der Waals surface area (Å²) in [6, 6.07) is 0. The maximum Gasteiger partial charge on any atom is 0.0940 e. The first-order chi connectivity index (χ1) is 8.07. The van der Waals surface area contributed by atoms with Gasteiger partial charge in [-0.2, -0.15) is 0 Å². The first-order valence-corrected chi connectivity index (χ1v) is 6.69. The van der Waals surface area contributed by atoms with E-state index in [1.807, 2.05) is 6.08 Å². The topological polar surface area (TPSA) is 32.7 Å². The first-order valence-electron chi connectivity index (χ1n) is 6.69. The van der Waals surface area contributed by atoms with E-state index in [2.05, 4.69) is 25.3 Å². The summed E-state index contributed by atoms with van der Waals surface area (Å²) in [7, 11) is 0. The van der Waals surface area contributed by atoms with Crippen LogP contribution in [0.3, 0.4) is 0 Å². The molecular weight excluding hydrogens is 214 g/mol. The largest absolute Gasteiger partial charge is 0.394 e. The van der Waals surface area contributed by atoms with Crippen LogP contribution in [-0.4, -0.2) is 48.0 Å². The van der Waals surface area contributed by atoms with Gasteiger partial charge < -0.3 is 9.84 Å². The van der Waals surface area contributed by atoms with Gasteiger partial charge in [-0.05, 0) is 39.7 Å². The fourth-order valence-corrected chi connectivity index (χ4v) is 2.48. The van der Waals surface area contributed by atoms with Crippen molar-refractivity contribution in [2.24, 2.45) is 0 Å². The van der Waals surface area contributed by atoms with Gasteiger partial charge in [0.1, 0.15) is 0 Å². The van der Waals surface area contributed by atoms with E-state index in [0.717, 1.165) is 26.1 Å². The Labute approximate surface area is 105 Å². The highest BCUT2D eigenvalue weighted by Crippen LogP contribution is 2.21. The average Bonchev–Trinajstić information content (AvgIpc) is 2.26. The summed E-state index contributed by atoms with van der Waals surface area (Å²) in [5.74, 6) is 0. The van der Waals surface area contributed by atoms with Crippen LogP contribution in [0.2, 0.25) is 0 Å². The van der Waals surface area contributed by atoms with Gasteiger partial charge in [0, 0.05) is 13.1 Å². The number of morpholine rings is 1. The smallest absolute Gasteiger partial charge is 0.0940 e. The van der Waals surface area contributed by atoms with E-state index in [-0.39, 0.29) is 18.3 Å². The second-order valence-corrected chi connectivity index (χ2v) is 5.56. The van der Waals surface area contributed by atoms with E-state index in [9.17, 15) is 5.11 Å². The number of aliphatic hydroxyl groups is 1. The standard InChI is InChI=1S/C14H27NO2/c1-4-5-6-7-8-9-15-10-13(11-16)17-14(2,3)12-15/h4,13,16H,1,5-12H2,2-3H3. The van der Waals surface area contributed by atoms with Crippen molar-refractivity contribution in [1.82, 2.24) is 4.90 Å². The van der Waals surface area contributed by atoms with Gasteiger partial charge in [-0.3, -0.25) is 4.90 Å². The van der Waals surface area contributed by atoms with Gasteiger partial charge in [0.2, 0.25) is 0 Å². The lowest BCUT2D eigenvalue weighted by atomic mass is 10.0. The Morgan fingerprint density at radius 2 is 2.18 bits per heavy atom. The third-order valence-electron chi connectivity index (χ3n) is 3.14. The van der Waals surface area contributed by atoms with Gasteiger partial charge in [0.05, 0.1) is 18.3 Å². The monoisotopic (exact) mass is 241 g/mol. The fraction of sp³-hybridized carbons (Fsp3) is 0.857. The Morgan fingerprint density at radius 3 is 2.82 bits per heavy atom. The highest BCUT2D eigenvalue weighted by molar-refractivity contribution is 4.83. The van der Waals surface area contributed by atoms with E-state index < -0.39 is 0 Å². The van der Waals surface area contributed by atoms with E-state index in [1.165, 1.54) is 19.3 Å². The zero-order valence-corrected chi connectivity index (χ0v) is 11.3. The third kappa shape index (κ3) is 5.66. The van der Waals surface area contributed by atoms with Gasteiger partial charge in [-0.15, -0.1) is 6.58 Å². The molecule has 0 aromatic heterocycles. The summed E-state index contributed by atoms with van der Waals surface area (Å²) >= 11 is 0. The SMILES string of the molecule is C=CCCCCCN1CC(CO)OC(C)(C)C1. The predicted octanol–water partition coefficient (Wildman–Crippen LogP) is 2.20. The Morgan fingerprint density at radius 1 is 1.41 bits per heavy atom. The number of unbranched alkanes of at least 4 members (excludes halogenated alkanes) is 3. The quantitative estimate of drug-likeness (QED) is 0.548. The summed E-state index contributed by atoms with van der Waals surface area (Å²) in [6.45, 7) is 11.0. The zero-order chi connectivity index (χ0) is 12.7. The van der Waals surface area contributed by atoms with Crippen LogP contribution in [-0.2, 0) is 4.74 Å². The first kappa shape index (κ1) is 14.7. The van der Waals surface area contributed by atoms with Crippen LogP contribution in [0.4, 0.5) is 0 Å². The minimum atomic E-state index is -0.132. The van der Waals surface area contributed by atoms with E-state index in [0.29, 0.717) is 0 Å². The number of rotatable bonds is 7. The van der Waals surface area contributed by atoms with Crippen molar-refractivity contribution in [2.75, 3.05) is 26.2 Å². The van der Waals surface area contributed by atoms with Crippen LogP contribution >= 0.6 is 0 Å². The molecule has 1 atom stereocenters. The van der Waals surface area contributed by atoms with Crippen LogP contribution in [0.25, 0.3) is 0 Å². The highest BCUT2D eigenvalue weighted by Gasteiger charge is 2.32. The molecule has 0 aliphatic carbocycles. The molecule has 0 saturated carbocycles. The summed E-state index contributed by atoms with van der Waals surface area (Å²) < 4.78 is 5.79. The minimum absolute atomic E-state index is 0.0214. The molecule has 1 saturated heterocycles. The number of hydrogen-bond donors (Lipinski definition) is 1. The van der Waals surface area contributed by atoms with Gasteiger partial charge in [-0.1, -0.05) is 12.5 Å². The summed E-state index contributed by atoms with van der Waals surface area (Å²) in [6.07, 6.45) is 6.80. The molecule has 0 bridgehead atoms. The second kappa shape index (κ2) is 7.14. The van der Waals surface area contributed by atoms with E-state index in [4.69, 9.17) is 4.74 Å². The molecule has 0 amide bonds. The number of nitrogens with zero attached hydrogens (tertiary/aromatic N) is 1. The van der Waals surface area contributed by atoms with Gasteiger partial charge >= 0.3 is 0 Å². The van der Waals surface area contributed by atoms with Crippen molar-refractivity contribution in [3.8, 4) is 0 Å². The molecule has 100 valence electrons. The molecule has 1 heterocycles. The molecule has 1 rings (SSSR count). The fourth-order valence-electron chi connectivity index (χ4n) is 2.48.